The minimum absolute atomic E-state index is 0.0127. The van der Waals surface area contributed by atoms with Gasteiger partial charge in [0.25, 0.3) is 5.91 Å². The van der Waals surface area contributed by atoms with E-state index in [1.807, 2.05) is 30.3 Å². The van der Waals surface area contributed by atoms with Gasteiger partial charge < -0.3 is 14.3 Å². The summed E-state index contributed by atoms with van der Waals surface area (Å²) in [5.74, 6) is -1.41. The topological polar surface area (TPSA) is 92.9 Å². The molecular weight excluding hydrogens is 524 g/mol. The van der Waals surface area contributed by atoms with Gasteiger partial charge >= 0.3 is 0 Å². The first-order valence-electron chi connectivity index (χ1n) is 11.7. The molecule has 1 aliphatic heterocycles. The molecule has 5 aromatic rings. The summed E-state index contributed by atoms with van der Waals surface area (Å²) in [7, 11) is 0. The van der Waals surface area contributed by atoms with Crippen molar-refractivity contribution in [2.75, 3.05) is 4.90 Å². The minimum atomic E-state index is -0.962. The maximum atomic E-state index is 13.5. The number of amides is 1. The first-order chi connectivity index (χ1) is 18.5. The number of halogens is 1. The first kappa shape index (κ1) is 24.0. The number of anilines is 1. The van der Waals surface area contributed by atoms with Gasteiger partial charge in [0.15, 0.2) is 16.7 Å². The molecule has 7 nitrogen and oxygen atoms in total. The number of fused-ring (bicyclic) bond motifs is 1. The molecule has 0 fully saturated rings. The second-order valence-electron chi connectivity index (χ2n) is 8.60. The molecule has 6 rings (SSSR count). The Morgan fingerprint density at radius 3 is 2.68 bits per heavy atom. The molecule has 0 bridgehead atoms. The summed E-state index contributed by atoms with van der Waals surface area (Å²) in [6.07, 6.45) is 1.36. The van der Waals surface area contributed by atoms with Gasteiger partial charge in [-0.1, -0.05) is 65.4 Å². The Kier molecular flexibility index (Phi) is 6.19. The summed E-state index contributed by atoms with van der Waals surface area (Å²) >= 11 is 7.40. The highest BCUT2D eigenvalue weighted by Gasteiger charge is 2.46. The molecule has 0 aliphatic carbocycles. The normalized spacial score (nSPS) is 15.4. The van der Waals surface area contributed by atoms with Gasteiger partial charge in [-0.25, -0.2) is 4.98 Å². The number of ether oxygens (including phenoxy) is 1. The molecule has 1 amide bonds. The van der Waals surface area contributed by atoms with Crippen LogP contribution in [0.4, 0.5) is 5.13 Å². The van der Waals surface area contributed by atoms with Crippen molar-refractivity contribution in [1.29, 1.82) is 0 Å². The predicted octanol–water partition coefficient (Wildman–Crippen LogP) is 6.90. The highest BCUT2D eigenvalue weighted by Crippen LogP contribution is 2.45. The van der Waals surface area contributed by atoms with Crippen LogP contribution in [0.25, 0.3) is 10.2 Å². The smallest absolute Gasteiger partial charge is 0.296 e. The summed E-state index contributed by atoms with van der Waals surface area (Å²) < 4.78 is 12.1. The average Bonchev–Trinajstić information content (AvgIpc) is 3.67. The van der Waals surface area contributed by atoms with Gasteiger partial charge in [-0.05, 0) is 53.6 Å². The SMILES string of the molecule is O=C(C1=C(O)C(=O)N(c2nc3ccc(Cl)cc3s2)C1c1cccc(OCc2ccccc2)c1)c1ccco1. The van der Waals surface area contributed by atoms with Gasteiger partial charge in [0.1, 0.15) is 12.4 Å². The van der Waals surface area contributed by atoms with E-state index in [4.69, 9.17) is 20.8 Å². The number of Topliss-reactive ketones (excluding diaryl/α,β-unsaturated/α-hetero) is 1. The minimum Gasteiger partial charge on any atom is -0.503 e. The molecule has 1 aliphatic rings. The highest BCUT2D eigenvalue weighted by atomic mass is 35.5. The third-order valence-electron chi connectivity index (χ3n) is 6.17. The zero-order chi connectivity index (χ0) is 26.2. The Hall–Kier alpha value is -4.40. The molecule has 9 heteroatoms. The quantitative estimate of drug-likeness (QED) is 0.225. The molecule has 0 radical (unpaired) electrons. The molecule has 1 atom stereocenters. The molecule has 188 valence electrons. The van der Waals surface area contributed by atoms with Gasteiger partial charge in [0.2, 0.25) is 5.78 Å². The fourth-order valence-corrected chi connectivity index (χ4v) is 5.66. The fraction of sp³-hybridized carbons (Fsp3) is 0.0690. The van der Waals surface area contributed by atoms with E-state index in [0.717, 1.165) is 10.3 Å². The van der Waals surface area contributed by atoms with E-state index >= 15 is 0 Å². The van der Waals surface area contributed by atoms with E-state index in [-0.39, 0.29) is 11.3 Å². The van der Waals surface area contributed by atoms with E-state index in [9.17, 15) is 14.7 Å². The number of benzene rings is 3. The van der Waals surface area contributed by atoms with Crippen molar-refractivity contribution < 1.29 is 23.8 Å². The van der Waals surface area contributed by atoms with Gasteiger partial charge in [0, 0.05) is 5.02 Å². The summed E-state index contributed by atoms with van der Waals surface area (Å²) in [5, 5.41) is 11.8. The van der Waals surface area contributed by atoms with Crippen LogP contribution in [0.1, 0.15) is 27.7 Å². The number of hydrogen-bond acceptors (Lipinski definition) is 7. The van der Waals surface area contributed by atoms with Crippen LogP contribution in [-0.2, 0) is 11.4 Å². The molecule has 3 aromatic carbocycles. The molecule has 38 heavy (non-hydrogen) atoms. The van der Waals surface area contributed by atoms with Crippen LogP contribution in [0.3, 0.4) is 0 Å². The summed E-state index contributed by atoms with van der Waals surface area (Å²) in [6.45, 7) is 0.343. The van der Waals surface area contributed by atoms with Crippen LogP contribution >= 0.6 is 22.9 Å². The number of hydrogen-bond donors (Lipinski definition) is 1. The molecule has 1 unspecified atom stereocenters. The number of furan rings is 1. The number of aliphatic hydroxyl groups excluding tert-OH is 1. The first-order valence-corrected chi connectivity index (χ1v) is 12.9. The third-order valence-corrected chi connectivity index (χ3v) is 7.42. The molecule has 0 saturated heterocycles. The monoisotopic (exact) mass is 542 g/mol. The van der Waals surface area contributed by atoms with Crippen LogP contribution in [-0.4, -0.2) is 21.8 Å². The Morgan fingerprint density at radius 2 is 1.89 bits per heavy atom. The van der Waals surface area contributed by atoms with E-state index in [1.54, 1.807) is 48.5 Å². The van der Waals surface area contributed by atoms with Crippen molar-refractivity contribution in [2.24, 2.45) is 0 Å². The second kappa shape index (κ2) is 9.81. The molecule has 2 aromatic heterocycles. The van der Waals surface area contributed by atoms with Crippen molar-refractivity contribution in [3.8, 4) is 5.75 Å². The number of carbonyl (C=O) groups excluding carboxylic acids is 2. The van der Waals surface area contributed by atoms with Crippen LogP contribution in [0.2, 0.25) is 5.02 Å². The lowest BCUT2D eigenvalue weighted by molar-refractivity contribution is -0.117. The lowest BCUT2D eigenvalue weighted by atomic mass is 9.95. The van der Waals surface area contributed by atoms with Crippen molar-refractivity contribution in [2.45, 2.75) is 12.6 Å². The predicted molar refractivity (Wildman–Crippen MR) is 145 cm³/mol. The standard InChI is InChI=1S/C29H19ClN2O5S/c30-19-11-12-21-23(15-19)38-29(31-21)32-25(24(27(34)28(32)35)26(33)22-10-5-13-36-22)18-8-4-9-20(14-18)37-16-17-6-2-1-3-7-17/h1-15,25,34H,16H2. The van der Waals surface area contributed by atoms with Crippen molar-refractivity contribution in [3.05, 3.63) is 124 Å². The van der Waals surface area contributed by atoms with Gasteiger partial charge in [0.05, 0.1) is 28.1 Å². The Balaban J connectivity index is 1.43. The Morgan fingerprint density at radius 1 is 1.05 bits per heavy atom. The van der Waals surface area contributed by atoms with E-state index in [2.05, 4.69) is 4.98 Å². The second-order valence-corrected chi connectivity index (χ2v) is 10.0. The number of carbonyl (C=O) groups is 2. The molecular formula is C29H19ClN2O5S. The summed E-state index contributed by atoms with van der Waals surface area (Å²) in [5.41, 5.74) is 2.11. The zero-order valence-electron chi connectivity index (χ0n) is 19.7. The largest absolute Gasteiger partial charge is 0.503 e. The average molecular weight is 543 g/mol. The van der Waals surface area contributed by atoms with Crippen molar-refractivity contribution in [1.82, 2.24) is 4.98 Å². The summed E-state index contributed by atoms with van der Waals surface area (Å²) in [4.78, 5) is 32.9. The Labute approximate surface area is 226 Å². The maximum Gasteiger partial charge on any atom is 0.296 e. The lowest BCUT2D eigenvalue weighted by Crippen LogP contribution is -2.31. The van der Waals surface area contributed by atoms with Crippen molar-refractivity contribution in [3.63, 3.8) is 0 Å². The van der Waals surface area contributed by atoms with Gasteiger partial charge in [-0.15, -0.1) is 0 Å². The highest BCUT2D eigenvalue weighted by molar-refractivity contribution is 7.22. The number of aromatic nitrogens is 1. The number of aliphatic hydroxyl groups is 1. The number of thiazole rings is 1. The van der Waals surface area contributed by atoms with E-state index < -0.39 is 23.5 Å². The Bertz CT molecular complexity index is 1690. The lowest BCUT2D eigenvalue weighted by Gasteiger charge is -2.24. The van der Waals surface area contributed by atoms with E-state index in [1.165, 1.54) is 28.6 Å². The number of nitrogens with zero attached hydrogens (tertiary/aromatic N) is 2. The van der Waals surface area contributed by atoms with Crippen LogP contribution in [0, 0.1) is 0 Å². The zero-order valence-corrected chi connectivity index (χ0v) is 21.3. The number of ketones is 1. The van der Waals surface area contributed by atoms with Crippen LogP contribution in [0.15, 0.2) is 107 Å². The van der Waals surface area contributed by atoms with Crippen molar-refractivity contribution >= 4 is 50.0 Å². The molecule has 3 heterocycles. The third kappa shape index (κ3) is 4.34. The molecule has 0 spiro atoms. The fourth-order valence-electron chi connectivity index (χ4n) is 4.40. The van der Waals surface area contributed by atoms with E-state index in [0.29, 0.717) is 33.6 Å². The maximum absolute atomic E-state index is 13.5. The summed E-state index contributed by atoms with van der Waals surface area (Å²) in [6, 6.07) is 24.2. The molecule has 1 N–H and O–H groups in total. The van der Waals surface area contributed by atoms with Gasteiger partial charge in [-0.3, -0.25) is 14.5 Å². The molecule has 0 saturated carbocycles. The van der Waals surface area contributed by atoms with Gasteiger partial charge in [-0.2, -0.15) is 0 Å². The number of rotatable bonds is 7. The van der Waals surface area contributed by atoms with Crippen LogP contribution < -0.4 is 9.64 Å². The van der Waals surface area contributed by atoms with Crippen LogP contribution in [0.5, 0.6) is 5.75 Å².